The third-order valence-electron chi connectivity index (χ3n) is 19.1. The summed E-state index contributed by atoms with van der Waals surface area (Å²) in [6.07, 6.45) is 9.98. The molecule has 0 aromatic heterocycles. The van der Waals surface area contributed by atoms with Gasteiger partial charge in [0.2, 0.25) is 0 Å². The van der Waals surface area contributed by atoms with Crippen molar-refractivity contribution in [2.24, 2.45) is 0 Å². The Balaban J connectivity index is 1.05. The molecule has 0 heterocycles. The molecule has 84 heavy (non-hydrogen) atoms. The monoisotopic (exact) mass is 1170 g/mol. The summed E-state index contributed by atoms with van der Waals surface area (Å²) in [5.41, 5.74) is 20.6. The zero-order valence-electron chi connectivity index (χ0n) is 48.3. The van der Waals surface area contributed by atoms with E-state index in [1.807, 2.05) is 0 Å². The van der Waals surface area contributed by atoms with Crippen LogP contribution < -0.4 is 0 Å². The summed E-state index contributed by atoms with van der Waals surface area (Å²) in [6.45, 7) is 10.5. The summed E-state index contributed by atoms with van der Waals surface area (Å²) in [6, 6.07) is 93.7. The van der Waals surface area contributed by atoms with Crippen LogP contribution in [0.5, 0.6) is 0 Å². The van der Waals surface area contributed by atoms with Gasteiger partial charge in [0, 0.05) is 0 Å². The summed E-state index contributed by atoms with van der Waals surface area (Å²) in [7, 11) is 0. The minimum absolute atomic E-state index is 0.360. The zero-order valence-corrected chi connectivity index (χ0v) is 51.9. The summed E-state index contributed by atoms with van der Waals surface area (Å²) in [5, 5.41) is 21.0. The molecule has 2 aliphatic carbocycles. The molecule has 0 aliphatic heterocycles. The molecular weight excluding hydrogens is 1100 g/mol. The van der Waals surface area contributed by atoms with E-state index in [1.165, 1.54) is 142 Å². The van der Waals surface area contributed by atoms with Crippen LogP contribution in [0.2, 0.25) is 13.1 Å². The van der Waals surface area contributed by atoms with Crippen LogP contribution in [0.1, 0.15) is 69.0 Å². The molecule has 2 aliphatic rings. The normalized spacial score (nSPS) is 14.9. The van der Waals surface area contributed by atoms with Crippen LogP contribution >= 0.6 is 0 Å². The van der Waals surface area contributed by atoms with Crippen LogP contribution in [0.3, 0.4) is 0 Å². The molecule has 0 N–H and O–H groups in total. The summed E-state index contributed by atoms with van der Waals surface area (Å²) < 4.78 is 0.719. The van der Waals surface area contributed by atoms with E-state index in [1.54, 1.807) is 22.3 Å². The Morgan fingerprint density at radius 2 is 0.524 bits per heavy atom. The molecular formula is C82H65SiZr. The maximum atomic E-state index is 2.79. The molecule has 0 bridgehead atoms. The Bertz CT molecular complexity index is 4580. The fourth-order valence-corrected chi connectivity index (χ4v) is 38.7. The van der Waals surface area contributed by atoms with Crippen LogP contribution in [0.4, 0.5) is 0 Å². The molecule has 0 fully saturated rings. The maximum absolute atomic E-state index is 3.02. The quantitative estimate of drug-likeness (QED) is 0.0894. The van der Waals surface area contributed by atoms with Gasteiger partial charge in [-0.1, -0.05) is 0 Å². The standard InChI is InChI=1S/2C40H29.C2H7Si.Zr/c2*1-2-11-26-22-37-35(39-31-16-7-3-12-27(31)24-28-13-4-8-17-32(28)39)20-21-36(38(37)23-26)40-33-18-9-5-14-29(33)25-30-15-6-10-19-34(30)40;1-3-2;/h2*3-10,12-25H,2,11H2,1H3;3H,1-2H3;. The van der Waals surface area contributed by atoms with Gasteiger partial charge in [-0.3, -0.25) is 0 Å². The van der Waals surface area contributed by atoms with E-state index in [0.717, 1.165) is 25.7 Å². The Hall–Kier alpha value is -8.26. The Labute approximate surface area is 501 Å². The third-order valence-corrected chi connectivity index (χ3v) is 40.8. The van der Waals surface area contributed by atoms with Crippen molar-refractivity contribution in [1.82, 2.24) is 0 Å². The number of hydrogen-bond acceptors (Lipinski definition) is 0. The number of allylic oxidation sites excluding steroid dienone is 2. The number of fused-ring (bicyclic) bond motifs is 10. The average molecular weight is 1170 g/mol. The third kappa shape index (κ3) is 8.08. The summed E-state index contributed by atoms with van der Waals surface area (Å²) in [4.78, 5) is 0. The van der Waals surface area contributed by atoms with E-state index in [2.05, 4.69) is 282 Å². The molecule has 2 atom stereocenters. The molecule has 0 saturated heterocycles. The molecule has 401 valence electrons. The molecule has 0 amide bonds. The van der Waals surface area contributed by atoms with Crippen molar-refractivity contribution < 1.29 is 20.9 Å². The van der Waals surface area contributed by atoms with Crippen molar-refractivity contribution in [3.63, 3.8) is 0 Å². The van der Waals surface area contributed by atoms with E-state index >= 15 is 0 Å². The van der Waals surface area contributed by atoms with Gasteiger partial charge in [0.15, 0.2) is 0 Å². The van der Waals surface area contributed by atoms with Gasteiger partial charge in [0.25, 0.3) is 0 Å². The van der Waals surface area contributed by atoms with Crippen molar-refractivity contribution in [1.29, 1.82) is 0 Å². The Morgan fingerprint density at radius 3 is 0.762 bits per heavy atom. The van der Waals surface area contributed by atoms with Crippen LogP contribution in [0.15, 0.2) is 254 Å². The SMILES string of the molecule is CCCC1=Cc2c(-c3c4ccccc4cc4ccccc34)ccc(-c3c4ccccc4cc4ccccc34)c2[CH]1[Zr]([CH]1C(CCC)=Cc2c(-c3c4ccccc4cc4ccccc34)ccc(-c3c4ccccc4cc4ccccc34)c21)[SiH](C)C. The van der Waals surface area contributed by atoms with E-state index in [-0.39, 0.29) is 0 Å². The Kier molecular flexibility index (Phi) is 12.7. The van der Waals surface area contributed by atoms with Crippen LogP contribution in [-0.2, 0) is 20.9 Å². The minimum atomic E-state index is -3.02. The second kappa shape index (κ2) is 20.8. The number of benzene rings is 14. The van der Waals surface area contributed by atoms with Gasteiger partial charge in [0.05, 0.1) is 0 Å². The van der Waals surface area contributed by atoms with Crippen LogP contribution in [-0.4, -0.2) is 5.92 Å². The number of rotatable bonds is 11. The summed E-state index contributed by atoms with van der Waals surface area (Å²) >= 11 is -3.02. The molecule has 16 rings (SSSR count). The molecule has 0 nitrogen and oxygen atoms in total. The van der Waals surface area contributed by atoms with Gasteiger partial charge in [-0.25, -0.2) is 0 Å². The van der Waals surface area contributed by atoms with Crippen LogP contribution in [0, 0.1) is 0 Å². The van der Waals surface area contributed by atoms with Gasteiger partial charge in [-0.05, 0) is 0 Å². The molecule has 14 aromatic carbocycles. The zero-order chi connectivity index (χ0) is 56.2. The van der Waals surface area contributed by atoms with Crippen molar-refractivity contribution in [3.05, 3.63) is 276 Å². The van der Waals surface area contributed by atoms with Crippen LogP contribution in [0.25, 0.3) is 143 Å². The molecule has 0 saturated carbocycles. The molecule has 2 unspecified atom stereocenters. The first-order chi connectivity index (χ1) is 41.4. The molecule has 2 heteroatoms. The summed E-state index contributed by atoms with van der Waals surface area (Å²) in [5.74, 6) is -1.49. The van der Waals surface area contributed by atoms with Crippen molar-refractivity contribution in [2.75, 3.05) is 0 Å². The van der Waals surface area contributed by atoms with Crippen molar-refractivity contribution in [3.8, 4) is 44.5 Å². The second-order valence-electron chi connectivity index (χ2n) is 24.2. The van der Waals surface area contributed by atoms with Gasteiger partial charge in [0.1, 0.15) is 0 Å². The van der Waals surface area contributed by atoms with Gasteiger partial charge < -0.3 is 0 Å². The van der Waals surface area contributed by atoms with Gasteiger partial charge in [-0.15, -0.1) is 0 Å². The molecule has 14 aromatic rings. The predicted octanol–water partition coefficient (Wildman–Crippen LogP) is 23.4. The molecule has 0 radical (unpaired) electrons. The fraction of sp³-hybridized carbons (Fsp3) is 0.122. The first-order valence-electron chi connectivity index (χ1n) is 30.7. The Morgan fingerprint density at radius 1 is 0.298 bits per heavy atom. The van der Waals surface area contributed by atoms with Crippen molar-refractivity contribution >= 4 is 104 Å². The molecule has 0 spiro atoms. The van der Waals surface area contributed by atoms with E-state index < -0.39 is 26.8 Å². The first-order valence-corrected chi connectivity index (χ1v) is 40.7. The second-order valence-corrected chi connectivity index (χ2v) is 44.3. The number of hydrogen-bond donors (Lipinski definition) is 0. The van der Waals surface area contributed by atoms with E-state index in [4.69, 9.17) is 0 Å². The predicted molar refractivity (Wildman–Crippen MR) is 365 cm³/mol. The first kappa shape index (κ1) is 51.4. The average Bonchev–Trinajstić information content (AvgIpc) is 1.65. The van der Waals surface area contributed by atoms with E-state index in [0.29, 0.717) is 7.25 Å². The van der Waals surface area contributed by atoms with Gasteiger partial charge in [-0.2, -0.15) is 0 Å². The fourth-order valence-electron chi connectivity index (χ4n) is 15.8. The van der Waals surface area contributed by atoms with Gasteiger partial charge >= 0.3 is 506 Å². The van der Waals surface area contributed by atoms with Crippen molar-refractivity contribution in [2.45, 2.75) is 59.9 Å². The van der Waals surface area contributed by atoms with E-state index in [9.17, 15) is 0 Å². The topological polar surface area (TPSA) is 0 Å².